The van der Waals surface area contributed by atoms with E-state index in [1.807, 2.05) is 36.4 Å². The second-order valence-corrected chi connectivity index (χ2v) is 6.27. The van der Waals surface area contributed by atoms with Crippen molar-refractivity contribution in [2.75, 3.05) is 20.1 Å². The Morgan fingerprint density at radius 1 is 1.12 bits per heavy atom. The van der Waals surface area contributed by atoms with Gasteiger partial charge < -0.3 is 5.11 Å². The highest BCUT2D eigenvalue weighted by Crippen LogP contribution is 2.14. The third kappa shape index (κ3) is 6.58. The van der Waals surface area contributed by atoms with Crippen LogP contribution in [0, 0.1) is 11.8 Å². The first-order chi connectivity index (χ1) is 12.6. The molecule has 0 bridgehead atoms. The van der Waals surface area contributed by atoms with Gasteiger partial charge in [-0.15, -0.1) is 0 Å². The Morgan fingerprint density at radius 3 is 2.42 bits per heavy atom. The summed E-state index contributed by atoms with van der Waals surface area (Å²) >= 11 is 0. The van der Waals surface area contributed by atoms with Crippen LogP contribution in [0.15, 0.2) is 60.7 Å². The minimum absolute atomic E-state index is 0.00485. The van der Waals surface area contributed by atoms with Gasteiger partial charge in [0.15, 0.2) is 0 Å². The number of carboxylic acid groups (broad SMARTS) is 1. The van der Waals surface area contributed by atoms with Crippen LogP contribution in [0.3, 0.4) is 0 Å². The molecule has 0 aliphatic heterocycles. The molecular weight excluding hydrogens is 322 g/mol. The van der Waals surface area contributed by atoms with Gasteiger partial charge in [-0.25, -0.2) is 0 Å². The van der Waals surface area contributed by atoms with Crippen molar-refractivity contribution in [1.82, 2.24) is 4.90 Å². The van der Waals surface area contributed by atoms with Crippen LogP contribution in [-0.4, -0.2) is 36.1 Å². The van der Waals surface area contributed by atoms with E-state index in [0.29, 0.717) is 6.54 Å². The lowest BCUT2D eigenvalue weighted by molar-refractivity contribution is -0.137. The Hall–Kier alpha value is -2.83. The van der Waals surface area contributed by atoms with E-state index in [-0.39, 0.29) is 6.54 Å². The van der Waals surface area contributed by atoms with E-state index in [0.717, 1.165) is 29.5 Å². The van der Waals surface area contributed by atoms with Gasteiger partial charge in [0.1, 0.15) is 0 Å². The highest BCUT2D eigenvalue weighted by molar-refractivity contribution is 5.79. The molecule has 0 saturated carbocycles. The number of rotatable bonds is 7. The number of carboxylic acids is 1. The standard InChI is InChI=1S/C23H25NO2/c1-3-7-19-10-12-20(13-11-19)14-15-22(21-8-5-4-6-9-21)16-17-24(2)18-23(25)26/h4-6,8-13,16H,3,7,17-18H2,1-2H3,(H,25,26). The van der Waals surface area contributed by atoms with Gasteiger partial charge in [-0.3, -0.25) is 9.69 Å². The van der Waals surface area contributed by atoms with Crippen molar-refractivity contribution in [1.29, 1.82) is 0 Å². The predicted octanol–water partition coefficient (Wildman–Crippen LogP) is 4.09. The van der Waals surface area contributed by atoms with Crippen LogP contribution >= 0.6 is 0 Å². The van der Waals surface area contributed by atoms with Crippen molar-refractivity contribution in [2.24, 2.45) is 0 Å². The van der Waals surface area contributed by atoms with Gasteiger partial charge in [0, 0.05) is 17.7 Å². The fraction of sp³-hybridized carbons (Fsp3) is 0.261. The molecule has 3 heteroatoms. The molecule has 0 aliphatic carbocycles. The molecule has 0 saturated heterocycles. The molecule has 1 N–H and O–H groups in total. The molecule has 0 spiro atoms. The predicted molar refractivity (Wildman–Crippen MR) is 107 cm³/mol. The fourth-order valence-corrected chi connectivity index (χ4v) is 2.58. The van der Waals surface area contributed by atoms with Crippen LogP contribution in [0.5, 0.6) is 0 Å². The summed E-state index contributed by atoms with van der Waals surface area (Å²) in [4.78, 5) is 12.6. The monoisotopic (exact) mass is 347 g/mol. The maximum Gasteiger partial charge on any atom is 0.317 e. The number of aliphatic carboxylic acids is 1. The maximum absolute atomic E-state index is 10.8. The highest BCUT2D eigenvalue weighted by Gasteiger charge is 2.04. The van der Waals surface area contributed by atoms with E-state index in [9.17, 15) is 4.79 Å². The van der Waals surface area contributed by atoms with Crippen LogP contribution in [0.2, 0.25) is 0 Å². The Balaban J connectivity index is 2.21. The van der Waals surface area contributed by atoms with Crippen LogP contribution in [-0.2, 0) is 11.2 Å². The number of allylic oxidation sites excluding steroid dienone is 1. The molecular formula is C23H25NO2. The summed E-state index contributed by atoms with van der Waals surface area (Å²) in [6.45, 7) is 2.71. The third-order valence-corrected chi connectivity index (χ3v) is 3.93. The van der Waals surface area contributed by atoms with Gasteiger partial charge in [-0.2, -0.15) is 0 Å². The zero-order valence-corrected chi connectivity index (χ0v) is 15.4. The van der Waals surface area contributed by atoms with Crippen LogP contribution in [0.1, 0.15) is 30.0 Å². The molecule has 0 radical (unpaired) electrons. The normalized spacial score (nSPS) is 11.1. The van der Waals surface area contributed by atoms with Gasteiger partial charge in [0.2, 0.25) is 0 Å². The molecule has 0 atom stereocenters. The van der Waals surface area contributed by atoms with Crippen molar-refractivity contribution >= 4 is 11.5 Å². The Kier molecular flexibility index (Phi) is 7.67. The van der Waals surface area contributed by atoms with Crippen molar-refractivity contribution in [3.8, 4) is 11.8 Å². The Labute approximate surface area is 156 Å². The minimum atomic E-state index is -0.833. The first kappa shape index (κ1) is 19.5. The molecule has 2 rings (SSSR count). The van der Waals surface area contributed by atoms with Gasteiger partial charge in [0.05, 0.1) is 6.54 Å². The zero-order valence-electron chi connectivity index (χ0n) is 15.4. The van der Waals surface area contributed by atoms with Gasteiger partial charge in [-0.05, 0) is 36.7 Å². The van der Waals surface area contributed by atoms with Gasteiger partial charge >= 0.3 is 5.97 Å². The van der Waals surface area contributed by atoms with E-state index < -0.39 is 5.97 Å². The average molecular weight is 347 g/mol. The molecule has 2 aromatic rings. The molecule has 0 aromatic heterocycles. The molecule has 2 aromatic carbocycles. The number of likely N-dealkylation sites (N-methyl/N-ethyl adjacent to an activating group) is 1. The van der Waals surface area contributed by atoms with Crippen molar-refractivity contribution in [3.63, 3.8) is 0 Å². The van der Waals surface area contributed by atoms with Crippen LogP contribution in [0.4, 0.5) is 0 Å². The largest absolute Gasteiger partial charge is 0.480 e. The van der Waals surface area contributed by atoms with E-state index in [1.165, 1.54) is 5.56 Å². The Bertz CT molecular complexity index is 796. The van der Waals surface area contributed by atoms with E-state index in [2.05, 4.69) is 43.0 Å². The number of hydrogen-bond acceptors (Lipinski definition) is 2. The fourth-order valence-electron chi connectivity index (χ4n) is 2.58. The van der Waals surface area contributed by atoms with E-state index in [4.69, 9.17) is 5.11 Å². The lowest BCUT2D eigenvalue weighted by atomic mass is 10.0. The van der Waals surface area contributed by atoms with Crippen LogP contribution in [0.25, 0.3) is 5.57 Å². The molecule has 3 nitrogen and oxygen atoms in total. The second-order valence-electron chi connectivity index (χ2n) is 6.27. The zero-order chi connectivity index (χ0) is 18.8. The lowest BCUT2D eigenvalue weighted by Gasteiger charge is -2.11. The number of benzene rings is 2. The summed E-state index contributed by atoms with van der Waals surface area (Å²) in [5.41, 5.74) is 4.24. The molecule has 0 amide bonds. The first-order valence-electron chi connectivity index (χ1n) is 8.85. The number of hydrogen-bond donors (Lipinski definition) is 1. The topological polar surface area (TPSA) is 40.5 Å². The maximum atomic E-state index is 10.8. The summed E-state index contributed by atoms with van der Waals surface area (Å²) in [6.07, 6.45) is 4.20. The SMILES string of the molecule is CCCc1ccc(C#CC(=CCN(C)CC(=O)O)c2ccccc2)cc1. The van der Waals surface area contributed by atoms with Crippen molar-refractivity contribution in [3.05, 3.63) is 77.4 Å². The lowest BCUT2D eigenvalue weighted by Crippen LogP contribution is -2.25. The number of nitrogens with zero attached hydrogens (tertiary/aromatic N) is 1. The first-order valence-corrected chi connectivity index (χ1v) is 8.85. The Morgan fingerprint density at radius 2 is 1.81 bits per heavy atom. The van der Waals surface area contributed by atoms with Gasteiger partial charge in [0.25, 0.3) is 0 Å². The smallest absolute Gasteiger partial charge is 0.317 e. The summed E-state index contributed by atoms with van der Waals surface area (Å²) in [5, 5.41) is 8.89. The van der Waals surface area contributed by atoms with Gasteiger partial charge in [-0.1, -0.05) is 73.7 Å². The second kappa shape index (κ2) is 10.2. The minimum Gasteiger partial charge on any atom is -0.480 e. The molecule has 0 heterocycles. The highest BCUT2D eigenvalue weighted by atomic mass is 16.4. The number of aryl methyl sites for hydroxylation is 1. The summed E-state index contributed by atoms with van der Waals surface area (Å²) in [7, 11) is 1.78. The molecule has 26 heavy (non-hydrogen) atoms. The summed E-state index contributed by atoms with van der Waals surface area (Å²) in [6, 6.07) is 18.3. The van der Waals surface area contributed by atoms with Crippen molar-refractivity contribution < 1.29 is 9.90 Å². The van der Waals surface area contributed by atoms with E-state index in [1.54, 1.807) is 11.9 Å². The van der Waals surface area contributed by atoms with Crippen molar-refractivity contribution in [2.45, 2.75) is 19.8 Å². The quantitative estimate of drug-likeness (QED) is 0.767. The van der Waals surface area contributed by atoms with Crippen LogP contribution < -0.4 is 0 Å². The summed E-state index contributed by atoms with van der Waals surface area (Å²) < 4.78 is 0. The molecule has 0 aliphatic rings. The number of carbonyl (C=O) groups is 1. The third-order valence-electron chi connectivity index (χ3n) is 3.93. The molecule has 0 unspecified atom stereocenters. The summed E-state index contributed by atoms with van der Waals surface area (Å²) in [5.74, 6) is 5.64. The molecule has 134 valence electrons. The average Bonchev–Trinajstić information content (AvgIpc) is 2.63. The molecule has 0 fully saturated rings. The van der Waals surface area contributed by atoms with E-state index >= 15 is 0 Å².